The third-order valence-corrected chi connectivity index (χ3v) is 3.51. The zero-order valence-corrected chi connectivity index (χ0v) is 13.0. The number of aliphatic hydroxyl groups is 1. The van der Waals surface area contributed by atoms with Crippen LogP contribution in [0.15, 0.2) is 54.6 Å². The molecule has 0 spiro atoms. The van der Waals surface area contributed by atoms with Crippen LogP contribution in [-0.4, -0.2) is 17.6 Å². The highest BCUT2D eigenvalue weighted by atomic mass is 16.3. The second kappa shape index (κ2) is 7.20. The van der Waals surface area contributed by atoms with Crippen molar-refractivity contribution < 1.29 is 9.90 Å². The maximum atomic E-state index is 11.2. The van der Waals surface area contributed by atoms with Gasteiger partial charge in [0.05, 0.1) is 5.60 Å². The van der Waals surface area contributed by atoms with E-state index in [1.807, 2.05) is 54.6 Å². The molecule has 0 heterocycles. The van der Waals surface area contributed by atoms with Gasteiger partial charge in [-0.3, -0.25) is 4.79 Å². The first-order valence-corrected chi connectivity index (χ1v) is 7.33. The smallest absolute Gasteiger partial charge is 0.221 e. The van der Waals surface area contributed by atoms with Crippen LogP contribution < -0.4 is 10.6 Å². The van der Waals surface area contributed by atoms with E-state index < -0.39 is 5.60 Å². The molecule has 0 aliphatic rings. The number of hydrogen-bond acceptors (Lipinski definition) is 3. The summed E-state index contributed by atoms with van der Waals surface area (Å²) in [5.41, 5.74) is 1.71. The van der Waals surface area contributed by atoms with Crippen LogP contribution in [0.4, 0.5) is 5.69 Å². The van der Waals surface area contributed by atoms with Crippen molar-refractivity contribution in [3.8, 4) is 0 Å². The maximum Gasteiger partial charge on any atom is 0.221 e. The highest BCUT2D eigenvalue weighted by Gasteiger charge is 2.22. The molecule has 1 amide bonds. The van der Waals surface area contributed by atoms with E-state index in [2.05, 4.69) is 10.6 Å². The van der Waals surface area contributed by atoms with Gasteiger partial charge < -0.3 is 15.7 Å². The predicted molar refractivity (Wildman–Crippen MR) is 88.5 cm³/mol. The number of nitrogens with one attached hydrogen (secondary N) is 2. The monoisotopic (exact) mass is 298 g/mol. The zero-order chi connectivity index (χ0) is 16.0. The lowest BCUT2D eigenvalue weighted by Gasteiger charge is -2.24. The van der Waals surface area contributed by atoms with E-state index in [0.29, 0.717) is 13.1 Å². The molecule has 1 atom stereocenters. The van der Waals surface area contributed by atoms with Gasteiger partial charge in [0.2, 0.25) is 5.91 Å². The van der Waals surface area contributed by atoms with Gasteiger partial charge in [-0.1, -0.05) is 48.5 Å². The number of carbonyl (C=O) groups is 1. The summed E-state index contributed by atoms with van der Waals surface area (Å²) in [5, 5.41) is 16.6. The Morgan fingerprint density at radius 2 is 1.73 bits per heavy atom. The third kappa shape index (κ3) is 4.41. The molecule has 0 aliphatic carbocycles. The Bertz CT molecular complexity index is 624. The number of benzene rings is 2. The number of amides is 1. The molecule has 1 unspecified atom stereocenters. The Balaban J connectivity index is 1.98. The lowest BCUT2D eigenvalue weighted by atomic mass is 9.96. The molecular weight excluding hydrogens is 276 g/mol. The molecule has 0 aliphatic heterocycles. The Morgan fingerprint density at radius 1 is 1.09 bits per heavy atom. The molecule has 0 saturated carbocycles. The molecular formula is C18H22N2O2. The minimum Gasteiger partial charge on any atom is -0.384 e. The summed E-state index contributed by atoms with van der Waals surface area (Å²) in [6.07, 6.45) is 0. The molecule has 0 radical (unpaired) electrons. The van der Waals surface area contributed by atoms with Gasteiger partial charge in [0.25, 0.3) is 0 Å². The molecule has 0 fully saturated rings. The molecule has 2 rings (SSSR count). The van der Waals surface area contributed by atoms with E-state index in [9.17, 15) is 9.90 Å². The van der Waals surface area contributed by atoms with Gasteiger partial charge in [-0.25, -0.2) is 0 Å². The van der Waals surface area contributed by atoms with Gasteiger partial charge in [-0.15, -0.1) is 0 Å². The van der Waals surface area contributed by atoms with Crippen LogP contribution in [0.5, 0.6) is 0 Å². The number of hydrogen-bond donors (Lipinski definition) is 3. The molecule has 0 saturated heterocycles. The molecule has 116 valence electrons. The summed E-state index contributed by atoms with van der Waals surface area (Å²) >= 11 is 0. The van der Waals surface area contributed by atoms with Crippen LogP contribution in [0.2, 0.25) is 0 Å². The van der Waals surface area contributed by atoms with Crippen LogP contribution in [0.3, 0.4) is 0 Å². The Kier molecular flexibility index (Phi) is 5.31. The molecule has 3 N–H and O–H groups in total. The summed E-state index contributed by atoms with van der Waals surface area (Å²) < 4.78 is 0. The minimum atomic E-state index is -0.940. The van der Waals surface area contributed by atoms with E-state index in [1.165, 1.54) is 6.92 Å². The number of anilines is 1. The molecule has 2 aromatic carbocycles. The normalized spacial score (nSPS) is 13.4. The molecule has 4 nitrogen and oxygen atoms in total. The van der Waals surface area contributed by atoms with Crippen molar-refractivity contribution in [2.24, 2.45) is 0 Å². The molecule has 0 bridgehead atoms. The maximum absolute atomic E-state index is 11.2. The largest absolute Gasteiger partial charge is 0.384 e. The summed E-state index contributed by atoms with van der Waals surface area (Å²) in [6.45, 7) is 4.27. The van der Waals surface area contributed by atoms with Crippen LogP contribution in [0.25, 0.3) is 0 Å². The first kappa shape index (κ1) is 16.2. The van der Waals surface area contributed by atoms with Crippen molar-refractivity contribution in [2.75, 3.05) is 11.9 Å². The van der Waals surface area contributed by atoms with E-state index in [1.54, 1.807) is 6.92 Å². The van der Waals surface area contributed by atoms with E-state index in [-0.39, 0.29) is 5.91 Å². The van der Waals surface area contributed by atoms with Crippen molar-refractivity contribution in [3.05, 3.63) is 65.7 Å². The fraction of sp³-hybridized carbons (Fsp3) is 0.278. The number of rotatable bonds is 6. The van der Waals surface area contributed by atoms with Crippen LogP contribution in [0.1, 0.15) is 25.0 Å². The highest BCUT2D eigenvalue weighted by molar-refractivity contribution is 5.89. The molecule has 2 aromatic rings. The lowest BCUT2D eigenvalue weighted by Crippen LogP contribution is -2.35. The quantitative estimate of drug-likeness (QED) is 0.768. The van der Waals surface area contributed by atoms with Crippen molar-refractivity contribution in [1.29, 1.82) is 0 Å². The van der Waals surface area contributed by atoms with Crippen molar-refractivity contribution >= 4 is 11.6 Å². The van der Waals surface area contributed by atoms with Gasteiger partial charge in [0, 0.05) is 25.7 Å². The number of para-hydroxylation sites is 1. The SMILES string of the molecule is CC(=O)Nc1ccccc1CNCC(C)(O)c1ccccc1. The van der Waals surface area contributed by atoms with Crippen molar-refractivity contribution in [2.45, 2.75) is 26.0 Å². The van der Waals surface area contributed by atoms with Gasteiger partial charge in [0.15, 0.2) is 0 Å². The summed E-state index contributed by atoms with van der Waals surface area (Å²) in [6, 6.07) is 17.2. The average molecular weight is 298 g/mol. The summed E-state index contributed by atoms with van der Waals surface area (Å²) in [4.78, 5) is 11.2. The van der Waals surface area contributed by atoms with Crippen LogP contribution in [0, 0.1) is 0 Å². The minimum absolute atomic E-state index is 0.0938. The molecule has 22 heavy (non-hydrogen) atoms. The van der Waals surface area contributed by atoms with Gasteiger partial charge in [-0.05, 0) is 24.1 Å². The topological polar surface area (TPSA) is 61.4 Å². The van der Waals surface area contributed by atoms with Crippen molar-refractivity contribution in [3.63, 3.8) is 0 Å². The van der Waals surface area contributed by atoms with Gasteiger partial charge >= 0.3 is 0 Å². The van der Waals surface area contributed by atoms with E-state index >= 15 is 0 Å². The summed E-state index contributed by atoms with van der Waals surface area (Å²) in [7, 11) is 0. The first-order valence-electron chi connectivity index (χ1n) is 7.33. The Labute approximate surface area is 131 Å². The predicted octanol–water partition coefficient (Wildman–Crippen LogP) is 2.64. The summed E-state index contributed by atoms with van der Waals surface area (Å²) in [5.74, 6) is -0.0938. The fourth-order valence-corrected chi connectivity index (χ4v) is 2.33. The van der Waals surface area contributed by atoms with Crippen molar-refractivity contribution in [1.82, 2.24) is 5.32 Å². The average Bonchev–Trinajstić information content (AvgIpc) is 2.49. The number of carbonyl (C=O) groups excluding carboxylic acids is 1. The lowest BCUT2D eigenvalue weighted by molar-refractivity contribution is -0.114. The second-order valence-corrected chi connectivity index (χ2v) is 5.58. The first-order chi connectivity index (χ1) is 10.5. The van der Waals surface area contributed by atoms with E-state index in [4.69, 9.17) is 0 Å². The standard InChI is InChI=1S/C18H22N2O2/c1-14(21)20-17-11-7-6-8-15(17)12-19-13-18(2,22)16-9-4-3-5-10-16/h3-11,19,22H,12-13H2,1-2H3,(H,20,21). The van der Waals surface area contributed by atoms with E-state index in [0.717, 1.165) is 16.8 Å². The Hall–Kier alpha value is -2.17. The third-order valence-electron chi connectivity index (χ3n) is 3.51. The van der Waals surface area contributed by atoms with Crippen LogP contribution in [-0.2, 0) is 16.9 Å². The molecule has 4 heteroatoms. The molecule has 0 aromatic heterocycles. The van der Waals surface area contributed by atoms with Gasteiger partial charge in [0.1, 0.15) is 0 Å². The zero-order valence-electron chi connectivity index (χ0n) is 13.0. The van der Waals surface area contributed by atoms with Crippen LogP contribution >= 0.6 is 0 Å². The van der Waals surface area contributed by atoms with Gasteiger partial charge in [-0.2, -0.15) is 0 Å². The second-order valence-electron chi connectivity index (χ2n) is 5.58. The Morgan fingerprint density at radius 3 is 2.41 bits per heavy atom. The highest BCUT2D eigenvalue weighted by Crippen LogP contribution is 2.20. The fourth-order valence-electron chi connectivity index (χ4n) is 2.33.